The van der Waals surface area contributed by atoms with E-state index in [1.54, 1.807) is 19.9 Å². The van der Waals surface area contributed by atoms with Crippen molar-refractivity contribution in [1.82, 2.24) is 9.36 Å². The van der Waals surface area contributed by atoms with Crippen molar-refractivity contribution in [3.05, 3.63) is 87.8 Å². The van der Waals surface area contributed by atoms with Crippen molar-refractivity contribution in [3.63, 3.8) is 0 Å². The van der Waals surface area contributed by atoms with Gasteiger partial charge in [-0.2, -0.15) is 0 Å². The third kappa shape index (κ3) is 6.38. The molecule has 7 heteroatoms. The molecule has 2 aromatic carbocycles. The number of H-pyrrole nitrogens is 1. The maximum absolute atomic E-state index is 11.4. The highest BCUT2D eigenvalue weighted by Gasteiger charge is 2.14. The normalized spacial score (nSPS) is 11.5. The van der Waals surface area contributed by atoms with Gasteiger partial charge in [0.2, 0.25) is 5.88 Å². The van der Waals surface area contributed by atoms with Gasteiger partial charge in [-0.1, -0.05) is 29.7 Å². The highest BCUT2D eigenvalue weighted by molar-refractivity contribution is 7.09. The van der Waals surface area contributed by atoms with E-state index in [0.29, 0.717) is 25.5 Å². The highest BCUT2D eigenvalue weighted by atomic mass is 32.1. The second kappa shape index (κ2) is 10.5. The fraction of sp³-hybridized carbons (Fsp3) is 0.286. The topological polar surface area (TPSA) is 84.4 Å². The zero-order valence-electron chi connectivity index (χ0n) is 20.4. The van der Waals surface area contributed by atoms with Gasteiger partial charge in [-0.15, -0.1) is 0 Å². The van der Waals surface area contributed by atoms with Gasteiger partial charge in [0.25, 0.3) is 5.56 Å². The first-order valence-corrected chi connectivity index (χ1v) is 12.3. The van der Waals surface area contributed by atoms with Gasteiger partial charge in [0, 0.05) is 29.8 Å². The molecule has 2 heterocycles. The van der Waals surface area contributed by atoms with Crippen molar-refractivity contribution in [3.8, 4) is 33.2 Å². The molecule has 2 aromatic heterocycles. The molecule has 0 aliphatic carbocycles. The van der Waals surface area contributed by atoms with Gasteiger partial charge in [0.15, 0.2) is 0 Å². The van der Waals surface area contributed by atoms with E-state index in [-0.39, 0.29) is 5.56 Å². The Balaban J connectivity index is 1.44. The molecule has 182 valence electrons. The highest BCUT2D eigenvalue weighted by Crippen LogP contribution is 2.30. The summed E-state index contributed by atoms with van der Waals surface area (Å²) in [5.74, 6) is 1.33. The quantitative estimate of drug-likeness (QED) is 0.305. The van der Waals surface area contributed by atoms with Crippen LogP contribution in [0.5, 0.6) is 11.6 Å². The lowest BCUT2D eigenvalue weighted by atomic mass is 9.96. The Labute approximate surface area is 209 Å². The largest absolute Gasteiger partial charge is 0.489 e. The number of hydrogen-bond acceptors (Lipinski definition) is 6. The van der Waals surface area contributed by atoms with Crippen LogP contribution in [0.25, 0.3) is 21.6 Å². The number of nitrogens with one attached hydrogen (secondary N) is 1. The summed E-state index contributed by atoms with van der Waals surface area (Å²) in [6.45, 7) is 8.46. The van der Waals surface area contributed by atoms with Crippen LogP contribution < -0.4 is 15.0 Å². The second-order valence-electron chi connectivity index (χ2n) is 9.17. The summed E-state index contributed by atoms with van der Waals surface area (Å²) in [6.07, 6.45) is 0.535. The number of aromatic amines is 1. The van der Waals surface area contributed by atoms with Crippen LogP contribution >= 0.6 is 11.5 Å². The second-order valence-corrected chi connectivity index (χ2v) is 10.0. The van der Waals surface area contributed by atoms with Crippen molar-refractivity contribution in [2.75, 3.05) is 6.61 Å². The predicted molar refractivity (Wildman–Crippen MR) is 140 cm³/mol. The van der Waals surface area contributed by atoms with E-state index < -0.39 is 5.60 Å². The minimum Gasteiger partial charge on any atom is -0.489 e. The van der Waals surface area contributed by atoms with Gasteiger partial charge in [-0.05, 0) is 80.3 Å². The molecule has 35 heavy (non-hydrogen) atoms. The number of rotatable bonds is 9. The van der Waals surface area contributed by atoms with E-state index in [9.17, 15) is 9.90 Å². The minimum absolute atomic E-state index is 0.0842. The van der Waals surface area contributed by atoms with Crippen molar-refractivity contribution >= 4 is 11.5 Å². The molecule has 4 rings (SSSR count). The Bertz CT molecular complexity index is 1350. The van der Waals surface area contributed by atoms with Crippen molar-refractivity contribution < 1.29 is 14.6 Å². The van der Waals surface area contributed by atoms with Crippen LogP contribution in [0.2, 0.25) is 0 Å². The zero-order chi connectivity index (χ0) is 25.0. The van der Waals surface area contributed by atoms with E-state index in [2.05, 4.69) is 28.4 Å². The Morgan fingerprint density at radius 3 is 2.43 bits per heavy atom. The van der Waals surface area contributed by atoms with E-state index in [1.165, 1.54) is 11.5 Å². The number of aliphatic hydroxyl groups is 1. The summed E-state index contributed by atoms with van der Waals surface area (Å²) in [4.78, 5) is 16.9. The molecule has 0 unspecified atom stereocenters. The molecule has 2 N–H and O–H groups in total. The predicted octanol–water partition coefficient (Wildman–Crippen LogP) is 5.90. The lowest BCUT2D eigenvalue weighted by Crippen LogP contribution is -2.22. The molecule has 0 bridgehead atoms. The fourth-order valence-electron chi connectivity index (χ4n) is 3.74. The molecule has 0 spiro atoms. The van der Waals surface area contributed by atoms with Gasteiger partial charge in [0.05, 0.1) is 17.1 Å². The Hall–Kier alpha value is -3.42. The Morgan fingerprint density at radius 2 is 1.77 bits per heavy atom. The number of benzene rings is 2. The van der Waals surface area contributed by atoms with E-state index in [0.717, 1.165) is 44.1 Å². The Kier molecular flexibility index (Phi) is 7.38. The third-order valence-corrected chi connectivity index (χ3v) is 6.69. The molecule has 0 aliphatic rings. The van der Waals surface area contributed by atoms with Crippen LogP contribution in [-0.4, -0.2) is 26.7 Å². The fourth-order valence-corrected chi connectivity index (χ4v) is 4.43. The maximum Gasteiger partial charge on any atom is 0.258 e. The SMILES string of the molecule is Cc1nc(OCCC(C)(C)O)ccc1-c1cccc(COc2ccc(-c3cc(=O)[nH]s3)cc2)c1C. The maximum atomic E-state index is 11.4. The van der Waals surface area contributed by atoms with Crippen LogP contribution in [0.3, 0.4) is 0 Å². The van der Waals surface area contributed by atoms with Crippen LogP contribution in [0.15, 0.2) is 65.5 Å². The number of pyridine rings is 1. The minimum atomic E-state index is -0.763. The first-order valence-electron chi connectivity index (χ1n) is 11.5. The van der Waals surface area contributed by atoms with Gasteiger partial charge in [-0.25, -0.2) is 4.98 Å². The summed E-state index contributed by atoms with van der Waals surface area (Å²) in [5, 5.41) is 9.85. The van der Waals surface area contributed by atoms with E-state index >= 15 is 0 Å². The molecule has 0 radical (unpaired) electrons. The van der Waals surface area contributed by atoms with Crippen LogP contribution in [0.4, 0.5) is 0 Å². The molecule has 0 fully saturated rings. The Morgan fingerprint density at radius 1 is 1.00 bits per heavy atom. The van der Waals surface area contributed by atoms with E-state index in [4.69, 9.17) is 9.47 Å². The van der Waals surface area contributed by atoms with Gasteiger partial charge in [0.1, 0.15) is 12.4 Å². The number of hydrogen-bond donors (Lipinski definition) is 2. The number of nitrogens with zero attached hydrogens (tertiary/aromatic N) is 1. The summed E-state index contributed by atoms with van der Waals surface area (Å²) >= 11 is 1.33. The van der Waals surface area contributed by atoms with Crippen molar-refractivity contribution in [2.45, 2.75) is 46.3 Å². The molecule has 6 nitrogen and oxygen atoms in total. The first-order chi connectivity index (χ1) is 16.7. The average molecular weight is 491 g/mol. The van der Waals surface area contributed by atoms with Crippen LogP contribution in [0, 0.1) is 13.8 Å². The lowest BCUT2D eigenvalue weighted by Gasteiger charge is -2.17. The molecule has 0 saturated carbocycles. The number of ether oxygens (including phenoxy) is 2. The van der Waals surface area contributed by atoms with Crippen LogP contribution in [-0.2, 0) is 6.61 Å². The standard InChI is InChI=1S/C28H30N2O4S/c1-18-21(17-34-22-10-8-20(9-11-22)25-16-26(31)30-35-25)6-5-7-23(18)24-12-13-27(29-19(24)2)33-15-14-28(3,4)32/h5-13,16,32H,14-15,17H2,1-4H3,(H,30,31). The van der Waals surface area contributed by atoms with E-state index in [1.807, 2.05) is 49.4 Å². The van der Waals surface area contributed by atoms with Gasteiger partial charge >= 0.3 is 0 Å². The van der Waals surface area contributed by atoms with Crippen LogP contribution in [0.1, 0.15) is 37.1 Å². The molecule has 0 saturated heterocycles. The summed E-state index contributed by atoms with van der Waals surface area (Å²) < 4.78 is 14.5. The van der Waals surface area contributed by atoms with Gasteiger partial charge < -0.3 is 14.6 Å². The summed E-state index contributed by atoms with van der Waals surface area (Å²) in [5.41, 5.74) is 5.41. The molecule has 0 atom stereocenters. The van der Waals surface area contributed by atoms with Crippen molar-refractivity contribution in [2.24, 2.45) is 0 Å². The zero-order valence-corrected chi connectivity index (χ0v) is 21.2. The number of aryl methyl sites for hydroxylation is 1. The smallest absolute Gasteiger partial charge is 0.258 e. The summed E-state index contributed by atoms with van der Waals surface area (Å²) in [7, 11) is 0. The summed E-state index contributed by atoms with van der Waals surface area (Å²) in [6, 6.07) is 19.4. The third-order valence-electron chi connectivity index (χ3n) is 5.82. The molecule has 0 aliphatic heterocycles. The monoisotopic (exact) mass is 490 g/mol. The lowest BCUT2D eigenvalue weighted by molar-refractivity contribution is 0.0547. The average Bonchev–Trinajstić information content (AvgIpc) is 3.25. The van der Waals surface area contributed by atoms with Gasteiger partial charge in [-0.3, -0.25) is 9.17 Å². The molecule has 0 amide bonds. The molecule has 4 aromatic rings. The number of aromatic nitrogens is 2. The van der Waals surface area contributed by atoms with Crippen molar-refractivity contribution in [1.29, 1.82) is 0 Å². The first kappa shape index (κ1) is 24.7. The molecular weight excluding hydrogens is 460 g/mol. The molecular formula is C28H30N2O4S.